The van der Waals surface area contributed by atoms with Gasteiger partial charge in [-0.3, -0.25) is 0 Å². The average molecular weight is 1080 g/mol. The van der Waals surface area contributed by atoms with Gasteiger partial charge in [0.15, 0.2) is 0 Å². The van der Waals surface area contributed by atoms with Gasteiger partial charge in [0.2, 0.25) is 0 Å². The van der Waals surface area contributed by atoms with E-state index in [1.807, 2.05) is 11.3 Å². The monoisotopic (exact) mass is 1080 g/mol. The molecule has 0 saturated carbocycles. The summed E-state index contributed by atoms with van der Waals surface area (Å²) in [6.45, 7) is 20.5. The summed E-state index contributed by atoms with van der Waals surface area (Å²) in [7, 11) is 0. The highest BCUT2D eigenvalue weighted by molar-refractivity contribution is 7.26. The second-order valence-electron chi connectivity index (χ2n) is 25.2. The van der Waals surface area contributed by atoms with Gasteiger partial charge in [0.05, 0.1) is 16.7 Å². The maximum Gasteiger partial charge on any atom is 0.125 e. The van der Waals surface area contributed by atoms with Crippen LogP contribution < -0.4 is 4.90 Å². The Morgan fingerprint density at radius 3 is 1.51 bits per heavy atom. The normalized spacial score (nSPS) is 12.3. The second kappa shape index (κ2) is 20.3. The third-order valence-corrected chi connectivity index (χ3v) is 17.6. The second-order valence-corrected chi connectivity index (χ2v) is 26.2. The largest absolute Gasteiger partial charge is 0.309 e. The Labute approximate surface area is 486 Å². The van der Waals surface area contributed by atoms with Gasteiger partial charge in [0, 0.05) is 59.1 Å². The number of nitrogens with zero attached hydrogens (tertiary/aromatic N) is 2. The third kappa shape index (κ3) is 9.59. The highest BCUT2D eigenvalue weighted by Crippen LogP contribution is 2.54. The Morgan fingerprint density at radius 2 is 0.829 bits per heavy atom. The number of anilines is 3. The summed E-state index contributed by atoms with van der Waals surface area (Å²) in [5, 5.41) is 4.73. The smallest absolute Gasteiger partial charge is 0.125 e. The average Bonchev–Trinajstić information content (AvgIpc) is 1.83. The Balaban J connectivity index is 1.19. The molecule has 0 saturated heterocycles. The molecular formula is C78H67FN2S. The van der Waals surface area contributed by atoms with Crippen LogP contribution in [-0.2, 0) is 16.2 Å². The van der Waals surface area contributed by atoms with Crippen LogP contribution >= 0.6 is 11.3 Å². The highest BCUT2D eigenvalue weighted by Gasteiger charge is 2.31. The Hall–Kier alpha value is -8.83. The summed E-state index contributed by atoms with van der Waals surface area (Å²) in [4.78, 5) is 2.38. The molecule has 0 radical (unpaired) electrons. The summed E-state index contributed by atoms with van der Waals surface area (Å²) < 4.78 is 22.5. The fourth-order valence-corrected chi connectivity index (χ4v) is 13.2. The van der Waals surface area contributed by atoms with Gasteiger partial charge in [-0.25, -0.2) is 4.39 Å². The first-order valence-corrected chi connectivity index (χ1v) is 29.5. The minimum absolute atomic E-state index is 0.146. The van der Waals surface area contributed by atoms with Crippen molar-refractivity contribution in [1.29, 1.82) is 0 Å². The molecule has 2 nitrogen and oxygen atoms in total. The minimum Gasteiger partial charge on any atom is -0.309 e. The van der Waals surface area contributed by atoms with Crippen LogP contribution in [0.3, 0.4) is 0 Å². The number of fused-ring (bicyclic) bond motifs is 6. The van der Waals surface area contributed by atoms with Gasteiger partial charge in [-0.15, -0.1) is 11.3 Å². The number of rotatable bonds is 9. The summed E-state index contributed by atoms with van der Waals surface area (Å²) in [5.74, 6) is -0.309. The van der Waals surface area contributed by atoms with Crippen LogP contribution in [0.4, 0.5) is 21.5 Å². The van der Waals surface area contributed by atoms with Crippen molar-refractivity contribution in [3.05, 3.63) is 265 Å². The van der Waals surface area contributed by atoms with E-state index in [0.717, 1.165) is 100 Å². The molecule has 0 aliphatic carbocycles. The molecule has 402 valence electrons. The van der Waals surface area contributed by atoms with Crippen LogP contribution in [0.2, 0.25) is 0 Å². The molecule has 0 aliphatic rings. The van der Waals surface area contributed by atoms with E-state index < -0.39 is 0 Å². The molecular weight excluding hydrogens is 1020 g/mol. The van der Waals surface area contributed by atoms with Crippen LogP contribution in [0.15, 0.2) is 243 Å². The lowest BCUT2D eigenvalue weighted by atomic mass is 9.79. The molecule has 0 atom stereocenters. The van der Waals surface area contributed by atoms with E-state index in [2.05, 4.69) is 302 Å². The molecule has 11 aromatic carbocycles. The first-order chi connectivity index (χ1) is 39.5. The highest BCUT2D eigenvalue weighted by atomic mass is 32.1. The molecule has 0 amide bonds. The molecule has 13 rings (SSSR count). The van der Waals surface area contributed by atoms with Crippen molar-refractivity contribution in [3.8, 4) is 61.3 Å². The number of halogens is 1. The number of hydrogen-bond acceptors (Lipinski definition) is 2. The van der Waals surface area contributed by atoms with Crippen LogP contribution in [0, 0.1) is 5.82 Å². The minimum atomic E-state index is -0.309. The van der Waals surface area contributed by atoms with Gasteiger partial charge in [-0.1, -0.05) is 220 Å². The predicted octanol–water partition coefficient (Wildman–Crippen LogP) is 23.0. The quantitative estimate of drug-likeness (QED) is 0.140. The molecule has 0 N–H and O–H groups in total. The zero-order valence-electron chi connectivity index (χ0n) is 48.3. The maximum absolute atomic E-state index is 17.7. The standard InChI is InChI=1S/C78H67FN2S/c1-76(2,3)56-41-54(42-57(46-56)77(4,5)6)55-43-59(79)49-62(45-55)80(61-31-21-28-53(44-61)52-27-20-26-51(40-52)50-24-12-10-13-25-50)75-67(63-34-22-37-70-73(63)65-32-16-18-36-69(65)81(70)60-29-14-11-15-30-60)47-58(78(7,8)9)48-68(75)64-35-23-39-72-74(64)66-33-17-19-38-71(66)82-72/h10-49H,1-9H3. The van der Waals surface area contributed by atoms with Crippen molar-refractivity contribution in [2.75, 3.05) is 4.90 Å². The van der Waals surface area contributed by atoms with Crippen LogP contribution in [-0.4, -0.2) is 4.57 Å². The zero-order valence-corrected chi connectivity index (χ0v) is 49.1. The van der Waals surface area contributed by atoms with Gasteiger partial charge in [-0.2, -0.15) is 0 Å². The molecule has 0 bridgehead atoms. The number of benzene rings is 11. The third-order valence-electron chi connectivity index (χ3n) is 16.4. The Kier molecular flexibility index (Phi) is 13.0. The number of hydrogen-bond donors (Lipinski definition) is 0. The summed E-state index contributed by atoms with van der Waals surface area (Å²) in [6.07, 6.45) is 0. The molecule has 0 unspecified atom stereocenters. The zero-order chi connectivity index (χ0) is 56.7. The first-order valence-electron chi connectivity index (χ1n) is 28.7. The molecule has 82 heavy (non-hydrogen) atoms. The lowest BCUT2D eigenvalue weighted by molar-refractivity contribution is 0.569. The van der Waals surface area contributed by atoms with E-state index in [9.17, 15) is 0 Å². The van der Waals surface area contributed by atoms with E-state index >= 15 is 4.39 Å². The van der Waals surface area contributed by atoms with E-state index in [0.29, 0.717) is 0 Å². The molecule has 2 aromatic heterocycles. The van der Waals surface area contributed by atoms with Gasteiger partial charge in [0.1, 0.15) is 5.82 Å². The van der Waals surface area contributed by atoms with E-state index in [1.54, 1.807) is 12.1 Å². The van der Waals surface area contributed by atoms with Crippen molar-refractivity contribution in [2.24, 2.45) is 0 Å². The molecule has 13 aromatic rings. The topological polar surface area (TPSA) is 8.17 Å². The molecule has 4 heteroatoms. The van der Waals surface area contributed by atoms with Gasteiger partial charge < -0.3 is 9.47 Å². The van der Waals surface area contributed by atoms with Crippen molar-refractivity contribution in [2.45, 2.75) is 78.6 Å². The lowest BCUT2D eigenvalue weighted by Crippen LogP contribution is -2.17. The van der Waals surface area contributed by atoms with Crippen molar-refractivity contribution >= 4 is 70.4 Å². The van der Waals surface area contributed by atoms with Crippen molar-refractivity contribution < 1.29 is 4.39 Å². The summed E-state index contributed by atoms with van der Waals surface area (Å²) >= 11 is 1.83. The summed E-state index contributed by atoms with van der Waals surface area (Å²) in [5.41, 5.74) is 19.5. The fraction of sp³-hybridized carbons (Fsp3) is 0.154. The van der Waals surface area contributed by atoms with Crippen LogP contribution in [0.25, 0.3) is 103 Å². The molecule has 0 spiro atoms. The van der Waals surface area contributed by atoms with Crippen molar-refractivity contribution in [3.63, 3.8) is 0 Å². The predicted molar refractivity (Wildman–Crippen MR) is 352 cm³/mol. The van der Waals surface area contributed by atoms with Gasteiger partial charge in [-0.05, 0) is 162 Å². The van der Waals surface area contributed by atoms with Crippen LogP contribution in [0.1, 0.15) is 79.0 Å². The van der Waals surface area contributed by atoms with Crippen LogP contribution in [0.5, 0.6) is 0 Å². The van der Waals surface area contributed by atoms with Crippen molar-refractivity contribution in [1.82, 2.24) is 4.57 Å². The molecule has 0 aliphatic heterocycles. The number of aromatic nitrogens is 1. The Morgan fingerprint density at radius 1 is 0.341 bits per heavy atom. The lowest BCUT2D eigenvalue weighted by Gasteiger charge is -2.33. The van der Waals surface area contributed by atoms with E-state index in [4.69, 9.17) is 0 Å². The summed E-state index contributed by atoms with van der Waals surface area (Å²) in [6, 6.07) is 87.7. The van der Waals surface area contributed by atoms with Gasteiger partial charge >= 0.3 is 0 Å². The first kappa shape index (κ1) is 52.5. The number of thiophene rings is 1. The van der Waals surface area contributed by atoms with E-state index in [1.165, 1.54) is 36.9 Å². The van der Waals surface area contributed by atoms with E-state index in [-0.39, 0.29) is 22.1 Å². The Bertz CT molecular complexity index is 4540. The molecule has 2 heterocycles. The van der Waals surface area contributed by atoms with Gasteiger partial charge in [0.25, 0.3) is 0 Å². The SMILES string of the molecule is CC(C)(C)c1cc(-c2cc(F)cc(N(c3cccc(-c4cccc(-c5ccccc5)c4)c3)c3c(-c4cccc5sc6ccccc6c45)cc(C(C)(C)C)cc3-c3cccc4c3c3ccccc3n4-c3ccccc3)c2)cc(C(C)(C)C)c1. The maximum atomic E-state index is 17.7. The number of para-hydroxylation sites is 2. The fourth-order valence-electron chi connectivity index (χ4n) is 12.1. The molecule has 0 fully saturated rings.